The molecule has 35 heavy (non-hydrogen) atoms. The van der Waals surface area contributed by atoms with E-state index in [-0.39, 0.29) is 40.9 Å². The maximum absolute atomic E-state index is 12.2. The first-order valence-corrected chi connectivity index (χ1v) is 13.9. The molecule has 0 aromatic carbocycles. The number of carbonyl (C=O) groups excluding carboxylic acids is 3. The van der Waals surface area contributed by atoms with Crippen molar-refractivity contribution in [1.82, 2.24) is 0 Å². The molecule has 10 atom stereocenters. The van der Waals surface area contributed by atoms with E-state index in [0.717, 1.165) is 32.1 Å². The summed E-state index contributed by atoms with van der Waals surface area (Å²) < 4.78 is 16.6. The van der Waals surface area contributed by atoms with Crippen LogP contribution in [0.4, 0.5) is 0 Å². The van der Waals surface area contributed by atoms with Crippen molar-refractivity contribution in [2.75, 3.05) is 7.11 Å². The second kappa shape index (κ2) is 10.0. The molecule has 0 bridgehead atoms. The molecule has 4 aliphatic carbocycles. The Labute approximate surface area is 211 Å². The number of rotatable bonds is 6. The fourth-order valence-electron chi connectivity index (χ4n) is 9.46. The minimum Gasteiger partial charge on any atom is -0.469 e. The lowest BCUT2D eigenvalue weighted by atomic mass is 9.43. The molecular formula is C29H46O6. The Balaban J connectivity index is 1.57. The van der Waals surface area contributed by atoms with E-state index >= 15 is 0 Å². The van der Waals surface area contributed by atoms with Crippen LogP contribution < -0.4 is 0 Å². The number of esters is 3. The van der Waals surface area contributed by atoms with Crippen molar-refractivity contribution in [2.45, 2.75) is 111 Å². The molecule has 0 amide bonds. The van der Waals surface area contributed by atoms with Gasteiger partial charge in [-0.2, -0.15) is 0 Å². The van der Waals surface area contributed by atoms with Gasteiger partial charge in [0, 0.05) is 26.2 Å². The van der Waals surface area contributed by atoms with E-state index in [1.807, 2.05) is 0 Å². The first-order chi connectivity index (χ1) is 16.5. The Bertz CT molecular complexity index is 824. The Kier molecular flexibility index (Phi) is 7.60. The van der Waals surface area contributed by atoms with Crippen molar-refractivity contribution >= 4 is 17.9 Å². The van der Waals surface area contributed by atoms with Crippen LogP contribution in [0.15, 0.2) is 0 Å². The van der Waals surface area contributed by atoms with Gasteiger partial charge in [0.1, 0.15) is 12.2 Å². The van der Waals surface area contributed by atoms with E-state index in [1.165, 1.54) is 39.7 Å². The third-order valence-electron chi connectivity index (χ3n) is 11.1. The molecule has 198 valence electrons. The van der Waals surface area contributed by atoms with Gasteiger partial charge in [-0.3, -0.25) is 14.4 Å². The third kappa shape index (κ3) is 4.87. The zero-order valence-corrected chi connectivity index (χ0v) is 22.6. The van der Waals surface area contributed by atoms with Gasteiger partial charge in [-0.25, -0.2) is 0 Å². The Morgan fingerprint density at radius 1 is 0.886 bits per heavy atom. The second-order valence-electron chi connectivity index (χ2n) is 12.7. The van der Waals surface area contributed by atoms with E-state index in [4.69, 9.17) is 14.2 Å². The lowest BCUT2D eigenvalue weighted by Crippen LogP contribution is -2.59. The number of hydrogen-bond acceptors (Lipinski definition) is 6. The summed E-state index contributed by atoms with van der Waals surface area (Å²) in [7, 11) is 1.47. The van der Waals surface area contributed by atoms with Gasteiger partial charge in [0.2, 0.25) is 0 Å². The highest BCUT2D eigenvalue weighted by Gasteiger charge is 2.63. The molecule has 0 aromatic rings. The number of fused-ring (bicyclic) bond motifs is 5. The highest BCUT2D eigenvalue weighted by Crippen LogP contribution is 2.68. The smallest absolute Gasteiger partial charge is 0.305 e. The van der Waals surface area contributed by atoms with Gasteiger partial charge in [0.15, 0.2) is 0 Å². The SMILES string of the molecule is COC(=O)CC[C@@H](C)[C@H]1CC[C@H]2[C@@H]3[C@@H](OC(C)=O)C[C@H]4C[C@@H](OC(C)=O)CC[C@]4(C)[C@H]3CC[C@]12C. The molecule has 6 heteroatoms. The molecule has 0 spiro atoms. The first-order valence-electron chi connectivity index (χ1n) is 13.9. The van der Waals surface area contributed by atoms with Crippen molar-refractivity contribution in [3.63, 3.8) is 0 Å². The summed E-state index contributed by atoms with van der Waals surface area (Å²) in [6.45, 7) is 10.3. The van der Waals surface area contributed by atoms with Crippen LogP contribution >= 0.6 is 0 Å². The average Bonchev–Trinajstić information content (AvgIpc) is 3.14. The minimum absolute atomic E-state index is 0.0134. The summed E-state index contributed by atoms with van der Waals surface area (Å²) in [5, 5.41) is 0. The van der Waals surface area contributed by atoms with Crippen LogP contribution in [0.3, 0.4) is 0 Å². The predicted molar refractivity (Wildman–Crippen MR) is 132 cm³/mol. The molecule has 0 aromatic heterocycles. The lowest BCUT2D eigenvalue weighted by molar-refractivity contribution is -0.197. The van der Waals surface area contributed by atoms with Crippen molar-refractivity contribution in [3.05, 3.63) is 0 Å². The Morgan fingerprint density at radius 3 is 2.20 bits per heavy atom. The van der Waals surface area contributed by atoms with Gasteiger partial charge in [-0.05, 0) is 98.2 Å². The molecule has 0 saturated heterocycles. The third-order valence-corrected chi connectivity index (χ3v) is 11.1. The van der Waals surface area contributed by atoms with E-state index in [9.17, 15) is 14.4 Å². The van der Waals surface area contributed by atoms with Crippen molar-refractivity contribution in [2.24, 2.45) is 46.3 Å². The van der Waals surface area contributed by atoms with Crippen LogP contribution in [0.5, 0.6) is 0 Å². The standard InChI is InChI=1S/C29H46O6/c1-17(7-10-26(32)33-6)22-8-9-23-27-24(12-14-29(22,23)5)28(4)13-11-21(34-18(2)30)15-20(28)16-25(27)35-19(3)31/h17,20-25,27H,7-16H2,1-6H3/t17-,20-,21+,22-,23+,24+,25+,27+,28+,29-/m1/s1. The van der Waals surface area contributed by atoms with Gasteiger partial charge in [0.25, 0.3) is 0 Å². The number of hydrogen-bond donors (Lipinski definition) is 0. The predicted octanol–water partition coefficient (Wildman–Crippen LogP) is 5.71. The van der Waals surface area contributed by atoms with Gasteiger partial charge < -0.3 is 14.2 Å². The summed E-state index contributed by atoms with van der Waals surface area (Å²) in [6, 6.07) is 0. The molecule has 0 N–H and O–H groups in total. The number of carbonyl (C=O) groups is 3. The minimum atomic E-state index is -0.199. The van der Waals surface area contributed by atoms with Gasteiger partial charge in [-0.15, -0.1) is 0 Å². The van der Waals surface area contributed by atoms with Crippen molar-refractivity contribution < 1.29 is 28.6 Å². The second-order valence-corrected chi connectivity index (χ2v) is 12.7. The van der Waals surface area contributed by atoms with Crippen LogP contribution in [-0.4, -0.2) is 37.2 Å². The van der Waals surface area contributed by atoms with Gasteiger partial charge >= 0.3 is 17.9 Å². The molecular weight excluding hydrogens is 444 g/mol. The number of methoxy groups -OCH3 is 1. The summed E-state index contributed by atoms with van der Waals surface area (Å²) in [5.74, 6) is 2.43. The van der Waals surface area contributed by atoms with E-state index in [2.05, 4.69) is 20.8 Å². The molecule has 0 heterocycles. The normalized spacial score (nSPS) is 43.2. The highest BCUT2D eigenvalue weighted by atomic mass is 16.5. The summed E-state index contributed by atoms with van der Waals surface area (Å²) in [4.78, 5) is 35.6. The fraction of sp³-hybridized carbons (Fsp3) is 0.897. The van der Waals surface area contributed by atoms with Crippen LogP contribution in [0.2, 0.25) is 0 Å². The van der Waals surface area contributed by atoms with Crippen LogP contribution in [0.25, 0.3) is 0 Å². The molecule has 4 rings (SSSR count). The fourth-order valence-corrected chi connectivity index (χ4v) is 9.46. The first kappa shape index (κ1) is 26.5. The van der Waals surface area contributed by atoms with Gasteiger partial charge in [-0.1, -0.05) is 20.8 Å². The summed E-state index contributed by atoms with van der Waals surface area (Å²) in [6.07, 6.45) is 9.80. The molecule has 4 fully saturated rings. The molecule has 0 radical (unpaired) electrons. The number of ether oxygens (including phenoxy) is 3. The molecule has 4 aliphatic rings. The molecule has 0 unspecified atom stereocenters. The summed E-state index contributed by atoms with van der Waals surface area (Å²) in [5.41, 5.74) is 0.418. The zero-order chi connectivity index (χ0) is 25.5. The topological polar surface area (TPSA) is 78.9 Å². The maximum Gasteiger partial charge on any atom is 0.305 e. The zero-order valence-electron chi connectivity index (χ0n) is 22.6. The van der Waals surface area contributed by atoms with Crippen molar-refractivity contribution in [3.8, 4) is 0 Å². The van der Waals surface area contributed by atoms with Crippen LogP contribution in [0, 0.1) is 46.3 Å². The largest absolute Gasteiger partial charge is 0.469 e. The molecule has 6 nitrogen and oxygen atoms in total. The lowest BCUT2D eigenvalue weighted by Gasteiger charge is -2.62. The monoisotopic (exact) mass is 490 g/mol. The van der Waals surface area contributed by atoms with Crippen LogP contribution in [0.1, 0.15) is 98.8 Å². The quantitative estimate of drug-likeness (QED) is 0.351. The maximum atomic E-state index is 12.2. The van der Waals surface area contributed by atoms with Gasteiger partial charge in [0.05, 0.1) is 7.11 Å². The van der Waals surface area contributed by atoms with E-state index < -0.39 is 0 Å². The average molecular weight is 491 g/mol. The van der Waals surface area contributed by atoms with E-state index in [0.29, 0.717) is 41.9 Å². The Hall–Kier alpha value is -1.59. The van der Waals surface area contributed by atoms with Crippen LogP contribution in [-0.2, 0) is 28.6 Å². The van der Waals surface area contributed by atoms with Crippen molar-refractivity contribution in [1.29, 1.82) is 0 Å². The Morgan fingerprint density at radius 2 is 1.54 bits per heavy atom. The molecule has 4 saturated carbocycles. The highest BCUT2D eigenvalue weighted by molar-refractivity contribution is 5.69. The van der Waals surface area contributed by atoms with E-state index in [1.54, 1.807) is 6.92 Å². The molecule has 0 aliphatic heterocycles. The summed E-state index contributed by atoms with van der Waals surface area (Å²) >= 11 is 0.